The Morgan fingerprint density at radius 1 is 0.917 bits per heavy atom. The summed E-state index contributed by atoms with van der Waals surface area (Å²) in [7, 11) is 0. The zero-order valence-electron chi connectivity index (χ0n) is 7.72. The Kier molecular flexibility index (Phi) is 2.48. The van der Waals surface area contributed by atoms with Gasteiger partial charge in [0.15, 0.2) is 0 Å². The monoisotopic (exact) mass is 166 g/mol. The smallest absolute Gasteiger partial charge is 0.133 e. The summed E-state index contributed by atoms with van der Waals surface area (Å²) in [6.45, 7) is 0. The SMILES string of the molecule is O=C1CCCC(C2CCCC2)C1. The molecule has 0 aromatic rings. The largest absolute Gasteiger partial charge is 0.300 e. The van der Waals surface area contributed by atoms with Crippen molar-refractivity contribution in [2.45, 2.75) is 51.4 Å². The lowest BCUT2D eigenvalue weighted by Gasteiger charge is -2.26. The van der Waals surface area contributed by atoms with E-state index in [-0.39, 0.29) is 0 Å². The van der Waals surface area contributed by atoms with Crippen molar-refractivity contribution >= 4 is 5.78 Å². The van der Waals surface area contributed by atoms with E-state index in [1.807, 2.05) is 0 Å². The molecule has 2 aliphatic carbocycles. The van der Waals surface area contributed by atoms with E-state index in [4.69, 9.17) is 0 Å². The predicted molar refractivity (Wildman–Crippen MR) is 48.9 cm³/mol. The Hall–Kier alpha value is -0.330. The van der Waals surface area contributed by atoms with Crippen LogP contribution in [-0.4, -0.2) is 5.78 Å². The molecule has 0 saturated heterocycles. The molecular weight excluding hydrogens is 148 g/mol. The minimum Gasteiger partial charge on any atom is -0.300 e. The minimum absolute atomic E-state index is 0.526. The fourth-order valence-corrected chi connectivity index (χ4v) is 2.89. The lowest BCUT2D eigenvalue weighted by atomic mass is 9.79. The first-order valence-electron chi connectivity index (χ1n) is 5.38. The Bertz CT molecular complexity index is 168. The van der Waals surface area contributed by atoms with Gasteiger partial charge in [-0.1, -0.05) is 25.7 Å². The van der Waals surface area contributed by atoms with Crippen molar-refractivity contribution in [3.8, 4) is 0 Å². The van der Waals surface area contributed by atoms with E-state index in [0.29, 0.717) is 5.78 Å². The lowest BCUT2D eigenvalue weighted by Crippen LogP contribution is -2.20. The molecule has 68 valence electrons. The summed E-state index contributed by atoms with van der Waals surface area (Å²) in [5, 5.41) is 0. The van der Waals surface area contributed by atoms with Crippen LogP contribution in [0.2, 0.25) is 0 Å². The summed E-state index contributed by atoms with van der Waals surface area (Å²) >= 11 is 0. The number of carbonyl (C=O) groups is 1. The van der Waals surface area contributed by atoms with Gasteiger partial charge in [0.1, 0.15) is 5.78 Å². The first-order valence-corrected chi connectivity index (χ1v) is 5.38. The molecular formula is C11H18O. The Labute approximate surface area is 74.5 Å². The predicted octanol–water partition coefficient (Wildman–Crippen LogP) is 2.94. The second-order valence-electron chi connectivity index (χ2n) is 4.44. The van der Waals surface area contributed by atoms with Gasteiger partial charge in [0.2, 0.25) is 0 Å². The number of hydrogen-bond acceptors (Lipinski definition) is 1. The fraction of sp³-hybridized carbons (Fsp3) is 0.909. The van der Waals surface area contributed by atoms with Gasteiger partial charge in [0.05, 0.1) is 0 Å². The molecule has 0 radical (unpaired) electrons. The topological polar surface area (TPSA) is 17.1 Å². The highest BCUT2D eigenvalue weighted by molar-refractivity contribution is 5.79. The van der Waals surface area contributed by atoms with Crippen molar-refractivity contribution < 1.29 is 4.79 Å². The van der Waals surface area contributed by atoms with E-state index in [9.17, 15) is 4.79 Å². The molecule has 1 heteroatoms. The van der Waals surface area contributed by atoms with Crippen LogP contribution in [0.3, 0.4) is 0 Å². The summed E-state index contributed by atoms with van der Waals surface area (Å²) in [6.07, 6.45) is 9.89. The van der Waals surface area contributed by atoms with Gasteiger partial charge >= 0.3 is 0 Å². The molecule has 0 spiro atoms. The number of carbonyl (C=O) groups excluding carboxylic acids is 1. The van der Waals surface area contributed by atoms with Gasteiger partial charge in [-0.15, -0.1) is 0 Å². The normalized spacial score (nSPS) is 32.7. The fourth-order valence-electron chi connectivity index (χ4n) is 2.89. The average Bonchev–Trinajstić information content (AvgIpc) is 2.56. The first-order chi connectivity index (χ1) is 5.86. The van der Waals surface area contributed by atoms with Crippen LogP contribution in [0.4, 0.5) is 0 Å². The van der Waals surface area contributed by atoms with Crippen LogP contribution < -0.4 is 0 Å². The Morgan fingerprint density at radius 3 is 2.25 bits per heavy atom. The van der Waals surface area contributed by atoms with Crippen LogP contribution in [0.5, 0.6) is 0 Å². The molecule has 12 heavy (non-hydrogen) atoms. The summed E-state index contributed by atoms with van der Waals surface area (Å²) in [5.74, 6) is 2.21. The van der Waals surface area contributed by atoms with Crippen LogP contribution in [0.15, 0.2) is 0 Å². The Balaban J connectivity index is 1.89. The maximum Gasteiger partial charge on any atom is 0.133 e. The highest BCUT2D eigenvalue weighted by atomic mass is 16.1. The first kappa shape index (κ1) is 8.28. The summed E-state index contributed by atoms with van der Waals surface area (Å²) in [5.41, 5.74) is 0. The zero-order valence-corrected chi connectivity index (χ0v) is 7.72. The highest BCUT2D eigenvalue weighted by Gasteiger charge is 2.28. The second kappa shape index (κ2) is 3.59. The van der Waals surface area contributed by atoms with E-state index in [0.717, 1.165) is 24.7 Å². The number of Topliss-reactive ketones (excluding diaryl/α,β-unsaturated/α-hetero) is 1. The molecule has 1 atom stereocenters. The molecule has 0 bridgehead atoms. The second-order valence-corrected chi connectivity index (χ2v) is 4.44. The molecule has 0 aromatic heterocycles. The lowest BCUT2D eigenvalue weighted by molar-refractivity contribution is -0.122. The van der Waals surface area contributed by atoms with E-state index in [2.05, 4.69) is 0 Å². The third kappa shape index (κ3) is 1.70. The molecule has 2 saturated carbocycles. The summed E-state index contributed by atoms with van der Waals surface area (Å²) in [4.78, 5) is 11.2. The van der Waals surface area contributed by atoms with Crippen LogP contribution in [0.25, 0.3) is 0 Å². The van der Waals surface area contributed by atoms with Crippen molar-refractivity contribution in [3.63, 3.8) is 0 Å². The third-order valence-corrected chi connectivity index (χ3v) is 3.59. The van der Waals surface area contributed by atoms with Gasteiger partial charge in [-0.2, -0.15) is 0 Å². The van der Waals surface area contributed by atoms with Gasteiger partial charge in [0, 0.05) is 12.8 Å². The molecule has 1 unspecified atom stereocenters. The van der Waals surface area contributed by atoms with Gasteiger partial charge < -0.3 is 0 Å². The van der Waals surface area contributed by atoms with Gasteiger partial charge in [-0.3, -0.25) is 4.79 Å². The highest BCUT2D eigenvalue weighted by Crippen LogP contribution is 2.38. The van der Waals surface area contributed by atoms with Crippen LogP contribution in [-0.2, 0) is 4.79 Å². The van der Waals surface area contributed by atoms with Crippen molar-refractivity contribution in [1.82, 2.24) is 0 Å². The van der Waals surface area contributed by atoms with Crippen molar-refractivity contribution in [1.29, 1.82) is 0 Å². The van der Waals surface area contributed by atoms with E-state index in [1.54, 1.807) is 0 Å². The van der Waals surface area contributed by atoms with Crippen molar-refractivity contribution in [3.05, 3.63) is 0 Å². The van der Waals surface area contributed by atoms with Gasteiger partial charge in [-0.05, 0) is 24.7 Å². The number of rotatable bonds is 1. The maximum absolute atomic E-state index is 11.2. The molecule has 0 amide bonds. The molecule has 1 nitrogen and oxygen atoms in total. The van der Waals surface area contributed by atoms with E-state index >= 15 is 0 Å². The quantitative estimate of drug-likeness (QED) is 0.585. The third-order valence-electron chi connectivity index (χ3n) is 3.59. The van der Waals surface area contributed by atoms with Crippen LogP contribution in [0, 0.1) is 11.8 Å². The molecule has 0 aliphatic heterocycles. The molecule has 2 aliphatic rings. The van der Waals surface area contributed by atoms with Crippen LogP contribution in [0.1, 0.15) is 51.4 Å². The minimum atomic E-state index is 0.526. The summed E-state index contributed by atoms with van der Waals surface area (Å²) in [6, 6.07) is 0. The van der Waals surface area contributed by atoms with Gasteiger partial charge in [0.25, 0.3) is 0 Å². The molecule has 0 N–H and O–H groups in total. The number of ketones is 1. The van der Waals surface area contributed by atoms with Gasteiger partial charge in [-0.25, -0.2) is 0 Å². The average molecular weight is 166 g/mol. The Morgan fingerprint density at radius 2 is 1.58 bits per heavy atom. The van der Waals surface area contributed by atoms with Crippen LogP contribution >= 0.6 is 0 Å². The number of hydrogen-bond donors (Lipinski definition) is 0. The summed E-state index contributed by atoms with van der Waals surface area (Å²) < 4.78 is 0. The maximum atomic E-state index is 11.2. The van der Waals surface area contributed by atoms with E-state index in [1.165, 1.54) is 38.5 Å². The molecule has 0 heterocycles. The van der Waals surface area contributed by atoms with E-state index < -0.39 is 0 Å². The standard InChI is InChI=1S/C11H18O/c12-11-7-3-6-10(8-11)9-4-1-2-5-9/h9-10H,1-8H2. The molecule has 2 rings (SSSR count). The molecule has 0 aromatic carbocycles. The van der Waals surface area contributed by atoms with Crippen molar-refractivity contribution in [2.75, 3.05) is 0 Å². The zero-order chi connectivity index (χ0) is 8.39. The van der Waals surface area contributed by atoms with Crippen molar-refractivity contribution in [2.24, 2.45) is 11.8 Å². The molecule has 2 fully saturated rings.